The molecule has 0 aromatic carbocycles. The molecular formula is C8H15NO. The quantitative estimate of drug-likeness (QED) is 0.595. The molecule has 10 heavy (non-hydrogen) atoms. The van der Waals surface area contributed by atoms with Gasteiger partial charge >= 0.3 is 0 Å². The molecule has 0 aliphatic heterocycles. The van der Waals surface area contributed by atoms with Crippen LogP contribution in [0.1, 0.15) is 25.7 Å². The van der Waals surface area contributed by atoms with E-state index in [4.69, 9.17) is 5.73 Å². The van der Waals surface area contributed by atoms with Crippen molar-refractivity contribution in [3.63, 3.8) is 0 Å². The number of carbonyl (C=O) groups is 1. The first kappa shape index (κ1) is 7.73. The van der Waals surface area contributed by atoms with Crippen LogP contribution in [0.2, 0.25) is 0 Å². The molecular weight excluding hydrogens is 126 g/mol. The van der Waals surface area contributed by atoms with Crippen molar-refractivity contribution in [2.45, 2.75) is 25.7 Å². The largest absolute Gasteiger partial charge is 0.330 e. The Morgan fingerprint density at radius 3 is 2.50 bits per heavy atom. The maximum atomic E-state index is 10.4. The normalized spacial score (nSPS) is 22.9. The summed E-state index contributed by atoms with van der Waals surface area (Å²) in [5, 5.41) is 0. The fraction of sp³-hybridized carbons (Fsp3) is 0.875. The van der Waals surface area contributed by atoms with Crippen LogP contribution in [0.4, 0.5) is 0 Å². The Labute approximate surface area is 61.8 Å². The van der Waals surface area contributed by atoms with Gasteiger partial charge in [0.2, 0.25) is 0 Å². The lowest BCUT2D eigenvalue weighted by molar-refractivity contribution is -0.112. The van der Waals surface area contributed by atoms with Crippen LogP contribution in [-0.2, 0) is 4.79 Å². The Balaban J connectivity index is 2.36. The van der Waals surface area contributed by atoms with E-state index in [2.05, 4.69) is 0 Å². The first-order valence-corrected chi connectivity index (χ1v) is 4.04. The van der Waals surface area contributed by atoms with Gasteiger partial charge in [0.15, 0.2) is 0 Å². The highest BCUT2D eigenvalue weighted by atomic mass is 16.1. The lowest BCUT2D eigenvalue weighted by Gasteiger charge is -2.13. The Bertz CT molecular complexity index is 108. The molecule has 0 saturated heterocycles. The van der Waals surface area contributed by atoms with Crippen molar-refractivity contribution in [3.8, 4) is 0 Å². The molecule has 1 atom stereocenters. The van der Waals surface area contributed by atoms with E-state index in [0.717, 1.165) is 6.29 Å². The summed E-state index contributed by atoms with van der Waals surface area (Å²) >= 11 is 0. The molecule has 0 radical (unpaired) electrons. The summed E-state index contributed by atoms with van der Waals surface area (Å²) < 4.78 is 0. The van der Waals surface area contributed by atoms with Gasteiger partial charge < -0.3 is 10.5 Å². The van der Waals surface area contributed by atoms with Gasteiger partial charge in [-0.05, 0) is 18.8 Å². The number of nitrogens with two attached hydrogens (primary N) is 1. The van der Waals surface area contributed by atoms with Crippen molar-refractivity contribution in [1.29, 1.82) is 0 Å². The zero-order valence-electron chi connectivity index (χ0n) is 6.25. The maximum Gasteiger partial charge on any atom is 0.124 e. The average molecular weight is 141 g/mol. The average Bonchev–Trinajstić information content (AvgIpc) is 2.43. The summed E-state index contributed by atoms with van der Waals surface area (Å²) in [6.07, 6.45) is 6.02. The molecule has 0 aromatic heterocycles. The Hall–Kier alpha value is -0.370. The van der Waals surface area contributed by atoms with Crippen molar-refractivity contribution < 1.29 is 4.79 Å². The summed E-state index contributed by atoms with van der Waals surface area (Å²) in [4.78, 5) is 10.4. The Kier molecular flexibility index (Phi) is 2.87. The number of aldehydes is 1. The number of hydrogen-bond donors (Lipinski definition) is 1. The minimum Gasteiger partial charge on any atom is -0.330 e. The monoisotopic (exact) mass is 141 g/mol. The standard InChI is InChI=1S/C8H15NO/c9-5-8(6-10)7-3-1-2-4-7/h6-8H,1-5,9H2. The third-order valence-corrected chi connectivity index (χ3v) is 2.45. The van der Waals surface area contributed by atoms with E-state index in [1.54, 1.807) is 0 Å². The highest BCUT2D eigenvalue weighted by Crippen LogP contribution is 2.29. The van der Waals surface area contributed by atoms with Crippen LogP contribution in [0, 0.1) is 11.8 Å². The smallest absolute Gasteiger partial charge is 0.124 e. The number of carbonyl (C=O) groups excluding carboxylic acids is 1. The second-order valence-corrected chi connectivity index (χ2v) is 3.08. The predicted molar refractivity (Wildman–Crippen MR) is 40.6 cm³/mol. The minimum atomic E-state index is 0.141. The van der Waals surface area contributed by atoms with Crippen molar-refractivity contribution >= 4 is 6.29 Å². The fourth-order valence-electron chi connectivity index (χ4n) is 1.74. The maximum absolute atomic E-state index is 10.4. The molecule has 1 aliphatic carbocycles. The van der Waals surface area contributed by atoms with E-state index in [-0.39, 0.29) is 5.92 Å². The second kappa shape index (κ2) is 3.71. The van der Waals surface area contributed by atoms with E-state index in [1.807, 2.05) is 0 Å². The van der Waals surface area contributed by atoms with Crippen LogP contribution in [0.25, 0.3) is 0 Å². The summed E-state index contributed by atoms with van der Waals surface area (Å²) in [6.45, 7) is 0.536. The van der Waals surface area contributed by atoms with Gasteiger partial charge in [-0.3, -0.25) is 0 Å². The summed E-state index contributed by atoms with van der Waals surface area (Å²) in [5.41, 5.74) is 5.43. The fourth-order valence-corrected chi connectivity index (χ4v) is 1.74. The van der Waals surface area contributed by atoms with Gasteiger partial charge in [-0.15, -0.1) is 0 Å². The summed E-state index contributed by atoms with van der Waals surface area (Å²) in [5.74, 6) is 0.741. The van der Waals surface area contributed by atoms with Crippen molar-refractivity contribution in [1.82, 2.24) is 0 Å². The number of hydrogen-bond acceptors (Lipinski definition) is 2. The van der Waals surface area contributed by atoms with E-state index in [0.29, 0.717) is 12.5 Å². The summed E-state index contributed by atoms with van der Waals surface area (Å²) in [7, 11) is 0. The molecule has 2 heteroatoms. The van der Waals surface area contributed by atoms with Gasteiger partial charge in [0.25, 0.3) is 0 Å². The molecule has 0 amide bonds. The van der Waals surface area contributed by atoms with Gasteiger partial charge in [-0.25, -0.2) is 0 Å². The lowest BCUT2D eigenvalue weighted by atomic mass is 9.92. The molecule has 0 spiro atoms. The highest BCUT2D eigenvalue weighted by molar-refractivity contribution is 5.54. The van der Waals surface area contributed by atoms with Crippen LogP contribution < -0.4 is 5.73 Å². The predicted octanol–water partition coefficient (Wildman–Crippen LogP) is 0.950. The lowest BCUT2D eigenvalue weighted by Crippen LogP contribution is -2.22. The third-order valence-electron chi connectivity index (χ3n) is 2.45. The molecule has 2 nitrogen and oxygen atoms in total. The van der Waals surface area contributed by atoms with Crippen LogP contribution in [0.5, 0.6) is 0 Å². The van der Waals surface area contributed by atoms with E-state index < -0.39 is 0 Å². The number of rotatable bonds is 3. The van der Waals surface area contributed by atoms with Gasteiger partial charge in [0, 0.05) is 12.5 Å². The molecule has 1 unspecified atom stereocenters. The van der Waals surface area contributed by atoms with Gasteiger partial charge in [0.1, 0.15) is 6.29 Å². The van der Waals surface area contributed by atoms with Gasteiger partial charge in [0.05, 0.1) is 0 Å². The SMILES string of the molecule is NCC(C=O)C1CCCC1. The minimum absolute atomic E-state index is 0.141. The van der Waals surface area contributed by atoms with E-state index in [1.165, 1.54) is 25.7 Å². The molecule has 1 saturated carbocycles. The molecule has 0 heterocycles. The van der Waals surface area contributed by atoms with Crippen molar-refractivity contribution in [2.24, 2.45) is 17.6 Å². The Morgan fingerprint density at radius 1 is 1.50 bits per heavy atom. The molecule has 1 fully saturated rings. The molecule has 1 aliphatic rings. The third kappa shape index (κ3) is 1.57. The van der Waals surface area contributed by atoms with E-state index >= 15 is 0 Å². The van der Waals surface area contributed by atoms with Crippen LogP contribution >= 0.6 is 0 Å². The first-order chi connectivity index (χ1) is 4.88. The zero-order valence-corrected chi connectivity index (χ0v) is 6.25. The second-order valence-electron chi connectivity index (χ2n) is 3.08. The van der Waals surface area contributed by atoms with Crippen LogP contribution in [-0.4, -0.2) is 12.8 Å². The van der Waals surface area contributed by atoms with Gasteiger partial charge in [-0.1, -0.05) is 12.8 Å². The van der Waals surface area contributed by atoms with Gasteiger partial charge in [-0.2, -0.15) is 0 Å². The molecule has 0 bridgehead atoms. The van der Waals surface area contributed by atoms with Crippen LogP contribution in [0.3, 0.4) is 0 Å². The van der Waals surface area contributed by atoms with Crippen LogP contribution in [0.15, 0.2) is 0 Å². The van der Waals surface area contributed by atoms with Crippen molar-refractivity contribution in [3.05, 3.63) is 0 Å². The molecule has 2 N–H and O–H groups in total. The van der Waals surface area contributed by atoms with E-state index in [9.17, 15) is 4.79 Å². The molecule has 0 aromatic rings. The summed E-state index contributed by atoms with van der Waals surface area (Å²) in [6, 6.07) is 0. The zero-order chi connectivity index (χ0) is 7.40. The first-order valence-electron chi connectivity index (χ1n) is 4.04. The highest BCUT2D eigenvalue weighted by Gasteiger charge is 2.22. The topological polar surface area (TPSA) is 43.1 Å². The molecule has 1 rings (SSSR count). The molecule has 58 valence electrons. The van der Waals surface area contributed by atoms with Crippen molar-refractivity contribution in [2.75, 3.05) is 6.54 Å². The Morgan fingerprint density at radius 2 is 2.10 bits per heavy atom.